The Hall–Kier alpha value is -0.720. The average molecular weight is 280 g/mol. The molecule has 1 aromatic carbocycles. The van der Waals surface area contributed by atoms with E-state index in [0.717, 1.165) is 12.1 Å². The summed E-state index contributed by atoms with van der Waals surface area (Å²) in [6.07, 6.45) is -6.05. The van der Waals surface area contributed by atoms with Crippen LogP contribution in [0.4, 0.5) is 13.2 Å². The number of hydrogen-bond acceptors (Lipinski definition) is 3. The second kappa shape index (κ2) is 5.95. The van der Waals surface area contributed by atoms with E-state index in [1.807, 2.05) is 0 Å². The van der Waals surface area contributed by atoms with Crippen molar-refractivity contribution in [2.24, 2.45) is 0 Å². The highest BCUT2D eigenvalue weighted by Crippen LogP contribution is 2.33. The SMILES string of the molecule is CC(O)CC(O)c1ccc(C(F)(F)F)cc1CS. The smallest absolute Gasteiger partial charge is 0.393 e. The Balaban J connectivity index is 3.07. The zero-order chi connectivity index (χ0) is 13.9. The van der Waals surface area contributed by atoms with Crippen molar-refractivity contribution in [3.8, 4) is 0 Å². The van der Waals surface area contributed by atoms with Gasteiger partial charge in [-0.2, -0.15) is 25.8 Å². The minimum atomic E-state index is -4.41. The summed E-state index contributed by atoms with van der Waals surface area (Å²) in [6, 6.07) is 3.14. The second-order valence-corrected chi connectivity index (χ2v) is 4.49. The summed E-state index contributed by atoms with van der Waals surface area (Å²) in [7, 11) is 0. The third-order valence-corrected chi connectivity index (χ3v) is 2.90. The van der Waals surface area contributed by atoms with Gasteiger partial charge in [-0.15, -0.1) is 0 Å². The van der Waals surface area contributed by atoms with Gasteiger partial charge in [-0.25, -0.2) is 0 Å². The summed E-state index contributed by atoms with van der Waals surface area (Å²) in [5, 5.41) is 19.0. The van der Waals surface area contributed by atoms with E-state index in [2.05, 4.69) is 12.6 Å². The van der Waals surface area contributed by atoms with Gasteiger partial charge in [-0.05, 0) is 30.2 Å². The van der Waals surface area contributed by atoms with Crippen molar-refractivity contribution in [3.05, 3.63) is 34.9 Å². The Kier molecular flexibility index (Phi) is 5.07. The number of hydrogen-bond donors (Lipinski definition) is 3. The summed E-state index contributed by atoms with van der Waals surface area (Å²) >= 11 is 3.97. The van der Waals surface area contributed by atoms with Crippen molar-refractivity contribution in [1.82, 2.24) is 0 Å². The first-order chi connectivity index (χ1) is 8.25. The third-order valence-electron chi connectivity index (χ3n) is 2.56. The first kappa shape index (κ1) is 15.3. The Labute approximate surface area is 109 Å². The molecule has 2 N–H and O–H groups in total. The molecule has 0 radical (unpaired) electrons. The van der Waals surface area contributed by atoms with E-state index in [4.69, 9.17) is 0 Å². The molecule has 0 aliphatic heterocycles. The highest BCUT2D eigenvalue weighted by molar-refractivity contribution is 7.79. The number of alkyl halides is 3. The van der Waals surface area contributed by atoms with Gasteiger partial charge < -0.3 is 10.2 Å². The zero-order valence-corrected chi connectivity index (χ0v) is 10.7. The van der Waals surface area contributed by atoms with Crippen LogP contribution in [0.25, 0.3) is 0 Å². The van der Waals surface area contributed by atoms with Crippen molar-refractivity contribution in [2.75, 3.05) is 0 Å². The van der Waals surface area contributed by atoms with E-state index in [-0.39, 0.29) is 12.2 Å². The molecule has 1 aromatic rings. The van der Waals surface area contributed by atoms with E-state index in [1.54, 1.807) is 0 Å². The summed E-state index contributed by atoms with van der Waals surface area (Å²) in [5.74, 6) is 0.0934. The molecule has 0 heterocycles. The van der Waals surface area contributed by atoms with Crippen LogP contribution < -0.4 is 0 Å². The van der Waals surface area contributed by atoms with Gasteiger partial charge in [-0.1, -0.05) is 6.07 Å². The highest BCUT2D eigenvalue weighted by atomic mass is 32.1. The maximum absolute atomic E-state index is 12.5. The van der Waals surface area contributed by atoms with Crippen LogP contribution in [0.15, 0.2) is 18.2 Å². The van der Waals surface area contributed by atoms with Gasteiger partial charge in [0.05, 0.1) is 17.8 Å². The van der Waals surface area contributed by atoms with Crippen LogP contribution in [0.2, 0.25) is 0 Å². The first-order valence-corrected chi connectivity index (χ1v) is 6.06. The van der Waals surface area contributed by atoms with Crippen molar-refractivity contribution < 1.29 is 23.4 Å². The van der Waals surface area contributed by atoms with Gasteiger partial charge in [0.15, 0.2) is 0 Å². The fourth-order valence-electron chi connectivity index (χ4n) is 1.69. The number of aliphatic hydroxyl groups is 2. The molecule has 0 aliphatic rings. The molecule has 0 fully saturated rings. The van der Waals surface area contributed by atoms with Crippen LogP contribution >= 0.6 is 12.6 Å². The van der Waals surface area contributed by atoms with E-state index in [1.165, 1.54) is 13.0 Å². The molecule has 2 atom stereocenters. The van der Waals surface area contributed by atoms with Gasteiger partial charge in [0.25, 0.3) is 0 Å². The summed E-state index contributed by atoms with van der Waals surface area (Å²) < 4.78 is 37.6. The molecule has 0 bridgehead atoms. The van der Waals surface area contributed by atoms with Gasteiger partial charge in [0.1, 0.15) is 0 Å². The van der Waals surface area contributed by atoms with E-state index in [9.17, 15) is 23.4 Å². The summed E-state index contributed by atoms with van der Waals surface area (Å²) in [6.45, 7) is 1.51. The Bertz CT molecular complexity index is 405. The maximum atomic E-state index is 12.5. The van der Waals surface area contributed by atoms with Gasteiger partial charge in [0, 0.05) is 12.2 Å². The largest absolute Gasteiger partial charge is 0.416 e. The molecule has 0 aromatic heterocycles. The lowest BCUT2D eigenvalue weighted by Gasteiger charge is -2.18. The molecule has 0 saturated heterocycles. The normalized spacial score (nSPS) is 15.5. The molecule has 0 aliphatic carbocycles. The summed E-state index contributed by atoms with van der Waals surface area (Å²) in [5.41, 5.74) is -0.0697. The van der Waals surface area contributed by atoms with Crippen molar-refractivity contribution in [2.45, 2.75) is 37.5 Å². The van der Waals surface area contributed by atoms with Crippen LogP contribution in [0.3, 0.4) is 0 Å². The number of aliphatic hydroxyl groups excluding tert-OH is 2. The second-order valence-electron chi connectivity index (χ2n) is 4.17. The topological polar surface area (TPSA) is 40.5 Å². The van der Waals surface area contributed by atoms with Crippen molar-refractivity contribution >= 4 is 12.6 Å². The fourth-order valence-corrected chi connectivity index (χ4v) is 1.97. The first-order valence-electron chi connectivity index (χ1n) is 5.42. The number of halogens is 3. The Morgan fingerprint density at radius 1 is 1.28 bits per heavy atom. The van der Waals surface area contributed by atoms with E-state index < -0.39 is 23.9 Å². The monoisotopic (exact) mass is 280 g/mol. The molecule has 6 heteroatoms. The van der Waals surface area contributed by atoms with Crippen LogP contribution in [-0.2, 0) is 11.9 Å². The molecule has 1 rings (SSSR count). The number of rotatable bonds is 4. The lowest BCUT2D eigenvalue weighted by atomic mass is 9.97. The van der Waals surface area contributed by atoms with Crippen LogP contribution in [0.1, 0.15) is 36.1 Å². The van der Waals surface area contributed by atoms with Crippen LogP contribution in [-0.4, -0.2) is 16.3 Å². The highest BCUT2D eigenvalue weighted by Gasteiger charge is 2.31. The van der Waals surface area contributed by atoms with Crippen molar-refractivity contribution in [1.29, 1.82) is 0 Å². The molecule has 0 amide bonds. The minimum Gasteiger partial charge on any atom is -0.393 e. The molecule has 18 heavy (non-hydrogen) atoms. The average Bonchev–Trinajstić information content (AvgIpc) is 2.26. The van der Waals surface area contributed by atoms with Crippen LogP contribution in [0, 0.1) is 0 Å². The number of thiol groups is 1. The third kappa shape index (κ3) is 3.90. The molecular formula is C12H15F3O2S. The zero-order valence-electron chi connectivity index (χ0n) is 9.78. The lowest BCUT2D eigenvalue weighted by Crippen LogP contribution is -2.12. The molecule has 0 saturated carbocycles. The van der Waals surface area contributed by atoms with Gasteiger partial charge >= 0.3 is 6.18 Å². The maximum Gasteiger partial charge on any atom is 0.416 e. The van der Waals surface area contributed by atoms with E-state index >= 15 is 0 Å². The quantitative estimate of drug-likeness (QED) is 0.742. The molecule has 2 nitrogen and oxygen atoms in total. The molecule has 2 unspecified atom stereocenters. The molecular weight excluding hydrogens is 265 g/mol. The number of benzene rings is 1. The molecule has 102 valence electrons. The lowest BCUT2D eigenvalue weighted by molar-refractivity contribution is -0.137. The van der Waals surface area contributed by atoms with Crippen molar-refractivity contribution in [3.63, 3.8) is 0 Å². The van der Waals surface area contributed by atoms with E-state index in [0.29, 0.717) is 11.1 Å². The Morgan fingerprint density at radius 2 is 1.89 bits per heavy atom. The predicted molar refractivity (Wildman–Crippen MR) is 65.4 cm³/mol. The standard InChI is InChI=1S/C12H15F3O2S/c1-7(16)4-11(17)10-3-2-9(12(13,14)15)5-8(10)6-18/h2-3,5,7,11,16-18H,4,6H2,1H3. The predicted octanol–water partition coefficient (Wildman–Crippen LogP) is 2.94. The van der Waals surface area contributed by atoms with Gasteiger partial charge in [0.2, 0.25) is 0 Å². The summed E-state index contributed by atoms with van der Waals surface area (Å²) in [4.78, 5) is 0. The fraction of sp³-hybridized carbons (Fsp3) is 0.500. The minimum absolute atomic E-state index is 0.0755. The Morgan fingerprint density at radius 3 is 2.33 bits per heavy atom. The molecule has 0 spiro atoms. The van der Waals surface area contributed by atoms with Gasteiger partial charge in [-0.3, -0.25) is 0 Å². The van der Waals surface area contributed by atoms with Crippen LogP contribution in [0.5, 0.6) is 0 Å².